The van der Waals surface area contributed by atoms with Crippen LogP contribution < -0.4 is 10.2 Å². The maximum absolute atomic E-state index is 12.3. The predicted octanol–water partition coefficient (Wildman–Crippen LogP) is 1.60. The fourth-order valence-corrected chi connectivity index (χ4v) is 3.73. The second kappa shape index (κ2) is 8.48. The molecule has 6 nitrogen and oxygen atoms in total. The van der Waals surface area contributed by atoms with Crippen LogP contribution in [0, 0.1) is 13.8 Å². The topological polar surface area (TPSA) is 65.5 Å². The van der Waals surface area contributed by atoms with Crippen LogP contribution in [0.5, 0.6) is 0 Å². The number of nitrogens with zero attached hydrogens (tertiary/aromatic N) is 3. The Hall–Kier alpha value is -1.60. The molecular formula is C17H26N4O2S. The van der Waals surface area contributed by atoms with Gasteiger partial charge in [0.2, 0.25) is 11.8 Å². The molecule has 0 atom stereocenters. The largest absolute Gasteiger partial charge is 0.355 e. The molecule has 2 rings (SSSR count). The average Bonchev–Trinajstić information content (AvgIpc) is 2.49. The molecule has 24 heavy (non-hydrogen) atoms. The van der Waals surface area contributed by atoms with Crippen LogP contribution in [-0.4, -0.2) is 61.2 Å². The quantitative estimate of drug-likeness (QED) is 0.809. The van der Waals surface area contributed by atoms with E-state index in [0.29, 0.717) is 31.7 Å². The molecule has 7 heteroatoms. The van der Waals surface area contributed by atoms with Crippen LogP contribution in [0.4, 0.5) is 5.69 Å². The summed E-state index contributed by atoms with van der Waals surface area (Å²) in [6.45, 7) is 6.00. The second-order valence-corrected chi connectivity index (χ2v) is 7.29. The third-order valence-electron chi connectivity index (χ3n) is 3.85. The fraction of sp³-hybridized carbons (Fsp3) is 0.588. The van der Waals surface area contributed by atoms with E-state index in [2.05, 4.69) is 10.3 Å². The lowest BCUT2D eigenvalue weighted by Crippen LogP contribution is -2.38. The summed E-state index contributed by atoms with van der Waals surface area (Å²) in [6, 6.07) is 2.00. The number of pyridine rings is 1. The highest BCUT2D eigenvalue weighted by atomic mass is 32.2. The summed E-state index contributed by atoms with van der Waals surface area (Å²) in [5.74, 6) is 0.543. The van der Waals surface area contributed by atoms with Gasteiger partial charge in [-0.05, 0) is 46.0 Å². The number of amides is 2. The summed E-state index contributed by atoms with van der Waals surface area (Å²) in [7, 11) is 3.95. The molecule has 1 aliphatic heterocycles. The van der Waals surface area contributed by atoms with Gasteiger partial charge in [-0.1, -0.05) is 11.8 Å². The third-order valence-corrected chi connectivity index (χ3v) is 4.80. The summed E-state index contributed by atoms with van der Waals surface area (Å²) in [6.07, 6.45) is 1.08. The molecule has 132 valence electrons. The summed E-state index contributed by atoms with van der Waals surface area (Å²) >= 11 is 1.50. The van der Waals surface area contributed by atoms with Crippen molar-refractivity contribution in [2.75, 3.05) is 44.4 Å². The number of likely N-dealkylation sites (N-methyl/N-ethyl adjacent to an activating group) is 1. The molecule has 0 bridgehead atoms. The lowest BCUT2D eigenvalue weighted by molar-refractivity contribution is -0.121. The molecule has 1 aliphatic rings. The Morgan fingerprint density at radius 3 is 2.88 bits per heavy atom. The number of fused-ring (bicyclic) bond motifs is 1. The number of hydrogen-bond acceptors (Lipinski definition) is 5. The molecule has 0 saturated carbocycles. The molecule has 2 heterocycles. The summed E-state index contributed by atoms with van der Waals surface area (Å²) in [5.41, 5.74) is 2.94. The molecule has 0 aromatic carbocycles. The smallest absolute Gasteiger partial charge is 0.237 e. The number of carbonyl (C=O) groups is 2. The maximum Gasteiger partial charge on any atom is 0.237 e. The van der Waals surface area contributed by atoms with Crippen molar-refractivity contribution in [1.29, 1.82) is 0 Å². The standard InChI is InChI=1S/C17H26N4O2S/c1-12-10-13(2)19-17-16(12)21(15(23)11-24-17)8-5-6-14(22)18-7-9-20(3)4/h10H,5-9,11H2,1-4H3,(H,18,22). The van der Waals surface area contributed by atoms with Gasteiger partial charge >= 0.3 is 0 Å². The molecule has 2 amide bonds. The first kappa shape index (κ1) is 18.7. The number of thioether (sulfide) groups is 1. The van der Waals surface area contributed by atoms with Gasteiger partial charge in [-0.25, -0.2) is 4.98 Å². The fourth-order valence-electron chi connectivity index (χ4n) is 2.70. The van der Waals surface area contributed by atoms with Crippen LogP contribution >= 0.6 is 11.8 Å². The number of carbonyl (C=O) groups excluding carboxylic acids is 2. The number of aromatic nitrogens is 1. The zero-order chi connectivity index (χ0) is 17.7. The molecule has 0 radical (unpaired) electrons. The molecular weight excluding hydrogens is 324 g/mol. The SMILES string of the molecule is Cc1cc(C)c2c(n1)SCC(=O)N2CCCC(=O)NCCN(C)C. The summed E-state index contributed by atoms with van der Waals surface area (Å²) < 4.78 is 0. The second-order valence-electron chi connectivity index (χ2n) is 6.33. The monoisotopic (exact) mass is 350 g/mol. The highest BCUT2D eigenvalue weighted by molar-refractivity contribution is 8.00. The Kier molecular flexibility index (Phi) is 6.62. The molecule has 0 fully saturated rings. The van der Waals surface area contributed by atoms with E-state index in [4.69, 9.17) is 0 Å². The van der Waals surface area contributed by atoms with Gasteiger partial charge in [0.05, 0.1) is 11.4 Å². The molecule has 0 saturated heterocycles. The van der Waals surface area contributed by atoms with Gasteiger partial charge in [-0.15, -0.1) is 0 Å². The van der Waals surface area contributed by atoms with Crippen LogP contribution in [0.2, 0.25) is 0 Å². The highest BCUT2D eigenvalue weighted by Crippen LogP contribution is 2.36. The van der Waals surface area contributed by atoms with E-state index in [0.717, 1.165) is 28.5 Å². The van der Waals surface area contributed by atoms with Crippen molar-refractivity contribution in [2.24, 2.45) is 0 Å². The van der Waals surface area contributed by atoms with E-state index in [9.17, 15) is 9.59 Å². The Balaban J connectivity index is 1.91. The van der Waals surface area contributed by atoms with Crippen molar-refractivity contribution < 1.29 is 9.59 Å². The van der Waals surface area contributed by atoms with Gasteiger partial charge in [-0.3, -0.25) is 9.59 Å². The van der Waals surface area contributed by atoms with E-state index < -0.39 is 0 Å². The molecule has 0 unspecified atom stereocenters. The van der Waals surface area contributed by atoms with E-state index in [1.54, 1.807) is 4.90 Å². The number of anilines is 1. The number of hydrogen-bond donors (Lipinski definition) is 1. The zero-order valence-corrected chi connectivity index (χ0v) is 15.7. The van der Waals surface area contributed by atoms with Crippen LogP contribution in [-0.2, 0) is 9.59 Å². The Morgan fingerprint density at radius 1 is 1.42 bits per heavy atom. The number of aryl methyl sites for hydroxylation is 2. The van der Waals surface area contributed by atoms with Gasteiger partial charge in [-0.2, -0.15) is 0 Å². The molecule has 0 aliphatic carbocycles. The van der Waals surface area contributed by atoms with Crippen LogP contribution in [0.1, 0.15) is 24.1 Å². The normalized spacial score (nSPS) is 14.0. The van der Waals surface area contributed by atoms with Crippen LogP contribution in [0.25, 0.3) is 0 Å². The Morgan fingerprint density at radius 2 is 2.17 bits per heavy atom. The first-order valence-electron chi connectivity index (χ1n) is 8.21. The minimum Gasteiger partial charge on any atom is -0.355 e. The highest BCUT2D eigenvalue weighted by Gasteiger charge is 2.27. The zero-order valence-electron chi connectivity index (χ0n) is 14.9. The van der Waals surface area contributed by atoms with E-state index in [1.807, 2.05) is 38.9 Å². The minimum absolute atomic E-state index is 0.0367. The van der Waals surface area contributed by atoms with Gasteiger partial charge < -0.3 is 15.1 Å². The van der Waals surface area contributed by atoms with Crippen molar-refractivity contribution in [1.82, 2.24) is 15.2 Å². The van der Waals surface area contributed by atoms with E-state index in [1.165, 1.54) is 11.8 Å². The third kappa shape index (κ3) is 4.95. The van der Waals surface area contributed by atoms with Gasteiger partial charge in [0.25, 0.3) is 0 Å². The summed E-state index contributed by atoms with van der Waals surface area (Å²) in [5, 5.41) is 3.82. The van der Waals surface area contributed by atoms with Crippen molar-refractivity contribution in [2.45, 2.75) is 31.7 Å². The lowest BCUT2D eigenvalue weighted by Gasteiger charge is -2.30. The Labute approximate surface area is 148 Å². The van der Waals surface area contributed by atoms with Gasteiger partial charge in [0.1, 0.15) is 5.03 Å². The maximum atomic E-state index is 12.3. The predicted molar refractivity (Wildman–Crippen MR) is 97.6 cm³/mol. The van der Waals surface area contributed by atoms with Gasteiger partial charge in [0.15, 0.2) is 0 Å². The van der Waals surface area contributed by atoms with Crippen LogP contribution in [0.15, 0.2) is 11.1 Å². The van der Waals surface area contributed by atoms with E-state index >= 15 is 0 Å². The first-order valence-corrected chi connectivity index (χ1v) is 9.20. The first-order chi connectivity index (χ1) is 11.4. The minimum atomic E-state index is 0.0367. The van der Waals surface area contributed by atoms with Gasteiger partial charge in [0, 0.05) is 31.7 Å². The molecule has 1 N–H and O–H groups in total. The van der Waals surface area contributed by atoms with Crippen molar-refractivity contribution in [3.8, 4) is 0 Å². The lowest BCUT2D eigenvalue weighted by atomic mass is 10.1. The van der Waals surface area contributed by atoms with Crippen molar-refractivity contribution in [3.05, 3.63) is 17.3 Å². The Bertz CT molecular complexity index is 619. The van der Waals surface area contributed by atoms with E-state index in [-0.39, 0.29) is 11.8 Å². The van der Waals surface area contributed by atoms with Crippen LogP contribution in [0.3, 0.4) is 0 Å². The van der Waals surface area contributed by atoms with Crippen molar-refractivity contribution in [3.63, 3.8) is 0 Å². The number of nitrogens with one attached hydrogen (secondary N) is 1. The molecule has 0 spiro atoms. The summed E-state index contributed by atoms with van der Waals surface area (Å²) in [4.78, 5) is 32.5. The molecule has 1 aromatic heterocycles. The van der Waals surface area contributed by atoms with Crippen molar-refractivity contribution >= 4 is 29.3 Å². The molecule has 1 aromatic rings. The average molecular weight is 350 g/mol. The number of rotatable bonds is 7.